The Hall–Kier alpha value is -1.18. The Labute approximate surface area is 98.4 Å². The second-order valence-electron chi connectivity index (χ2n) is 5.16. The number of fused-ring (bicyclic) bond motifs is 1. The fraction of sp³-hybridized carbons (Fsp3) is 0.571. The maximum absolute atomic E-state index is 5.83. The maximum Gasteiger partial charge on any atom is 0.0400 e. The molecule has 2 rings (SSSR count). The van der Waals surface area contributed by atoms with E-state index < -0.39 is 0 Å². The lowest BCUT2D eigenvalue weighted by Crippen LogP contribution is -2.30. The van der Waals surface area contributed by atoms with Crippen molar-refractivity contribution in [2.75, 3.05) is 23.7 Å². The highest BCUT2D eigenvalue weighted by molar-refractivity contribution is 5.61. The molecule has 0 aromatic heterocycles. The summed E-state index contributed by atoms with van der Waals surface area (Å²) in [6.07, 6.45) is 3.71. The van der Waals surface area contributed by atoms with Crippen LogP contribution in [0.4, 0.5) is 11.4 Å². The molecule has 0 saturated carbocycles. The molecule has 16 heavy (non-hydrogen) atoms. The fourth-order valence-electron chi connectivity index (χ4n) is 2.34. The number of hydrogen-bond donors (Lipinski definition) is 1. The van der Waals surface area contributed by atoms with Crippen LogP contribution in [0, 0.1) is 5.92 Å². The van der Waals surface area contributed by atoms with Crippen molar-refractivity contribution in [1.82, 2.24) is 0 Å². The lowest BCUT2D eigenvalue weighted by atomic mass is 10.00. The maximum atomic E-state index is 5.83. The quantitative estimate of drug-likeness (QED) is 0.790. The van der Waals surface area contributed by atoms with Crippen molar-refractivity contribution < 1.29 is 0 Å². The van der Waals surface area contributed by atoms with Crippen LogP contribution in [0.2, 0.25) is 0 Å². The van der Waals surface area contributed by atoms with Crippen LogP contribution in [0.15, 0.2) is 18.2 Å². The Bertz CT molecular complexity index is 358. The van der Waals surface area contributed by atoms with Crippen LogP contribution in [-0.4, -0.2) is 13.1 Å². The van der Waals surface area contributed by atoms with Gasteiger partial charge in [-0.2, -0.15) is 0 Å². The highest BCUT2D eigenvalue weighted by Crippen LogP contribution is 2.29. The molecule has 1 heterocycles. The van der Waals surface area contributed by atoms with Crippen LogP contribution in [0.5, 0.6) is 0 Å². The first kappa shape index (κ1) is 11.3. The van der Waals surface area contributed by atoms with Crippen LogP contribution < -0.4 is 10.6 Å². The number of nitrogen functional groups attached to an aromatic ring is 1. The van der Waals surface area contributed by atoms with Crippen molar-refractivity contribution in [3.8, 4) is 0 Å². The van der Waals surface area contributed by atoms with Crippen LogP contribution in [0.3, 0.4) is 0 Å². The summed E-state index contributed by atoms with van der Waals surface area (Å²) < 4.78 is 0. The van der Waals surface area contributed by atoms with E-state index in [1.165, 1.54) is 43.6 Å². The first-order chi connectivity index (χ1) is 7.66. The molecule has 1 aromatic rings. The third-order valence-corrected chi connectivity index (χ3v) is 3.29. The minimum Gasteiger partial charge on any atom is -0.399 e. The summed E-state index contributed by atoms with van der Waals surface area (Å²) in [5.41, 5.74) is 9.55. The smallest absolute Gasteiger partial charge is 0.0400 e. The number of aryl methyl sites for hydroxylation is 1. The van der Waals surface area contributed by atoms with E-state index in [1.54, 1.807) is 0 Å². The molecule has 88 valence electrons. The third-order valence-electron chi connectivity index (χ3n) is 3.29. The fourth-order valence-corrected chi connectivity index (χ4v) is 2.34. The normalized spacial score (nSPS) is 15.3. The minimum atomic E-state index is 0.777. The Balaban J connectivity index is 2.13. The third kappa shape index (κ3) is 2.49. The van der Waals surface area contributed by atoms with E-state index in [4.69, 9.17) is 5.73 Å². The molecule has 0 unspecified atom stereocenters. The molecule has 2 N–H and O–H groups in total. The van der Waals surface area contributed by atoms with Gasteiger partial charge in [0, 0.05) is 24.5 Å². The van der Waals surface area contributed by atoms with Gasteiger partial charge in [-0.3, -0.25) is 0 Å². The Kier molecular flexibility index (Phi) is 3.37. The second-order valence-corrected chi connectivity index (χ2v) is 5.16. The van der Waals surface area contributed by atoms with Crippen molar-refractivity contribution in [1.29, 1.82) is 0 Å². The van der Waals surface area contributed by atoms with Gasteiger partial charge in [0.25, 0.3) is 0 Å². The second kappa shape index (κ2) is 4.77. The first-order valence-electron chi connectivity index (χ1n) is 6.30. The molecule has 0 spiro atoms. The van der Waals surface area contributed by atoms with E-state index in [1.807, 2.05) is 6.07 Å². The van der Waals surface area contributed by atoms with Crippen molar-refractivity contribution in [2.45, 2.75) is 33.1 Å². The summed E-state index contributed by atoms with van der Waals surface area (Å²) >= 11 is 0. The molecule has 1 aliphatic rings. The number of anilines is 2. The van der Waals surface area contributed by atoms with Gasteiger partial charge >= 0.3 is 0 Å². The van der Waals surface area contributed by atoms with Crippen molar-refractivity contribution in [3.05, 3.63) is 23.8 Å². The molecule has 2 nitrogen and oxygen atoms in total. The molecule has 0 amide bonds. The summed E-state index contributed by atoms with van der Waals surface area (Å²) in [5, 5.41) is 0. The predicted octanol–water partition coefficient (Wildman–Crippen LogP) is 3.07. The van der Waals surface area contributed by atoms with E-state index in [2.05, 4.69) is 30.9 Å². The number of nitrogens with two attached hydrogens (primary N) is 1. The molecule has 1 aromatic carbocycles. The number of nitrogens with zero attached hydrogens (tertiary/aromatic N) is 1. The lowest BCUT2D eigenvalue weighted by Gasteiger charge is -2.32. The average molecular weight is 218 g/mol. The minimum absolute atomic E-state index is 0.777. The highest BCUT2D eigenvalue weighted by Gasteiger charge is 2.16. The van der Waals surface area contributed by atoms with Gasteiger partial charge in [0.15, 0.2) is 0 Å². The lowest BCUT2D eigenvalue weighted by molar-refractivity contribution is 0.560. The SMILES string of the molecule is CC(C)CCN1CCCc2cc(N)ccc21. The summed E-state index contributed by atoms with van der Waals surface area (Å²) in [4.78, 5) is 2.51. The Morgan fingerprint density at radius 3 is 2.94 bits per heavy atom. The zero-order valence-electron chi connectivity index (χ0n) is 10.4. The number of hydrogen-bond acceptors (Lipinski definition) is 2. The first-order valence-corrected chi connectivity index (χ1v) is 6.30. The molecule has 0 atom stereocenters. The molecule has 0 saturated heterocycles. The van der Waals surface area contributed by atoms with Gasteiger partial charge in [0.2, 0.25) is 0 Å². The van der Waals surface area contributed by atoms with Gasteiger partial charge < -0.3 is 10.6 Å². The van der Waals surface area contributed by atoms with Gasteiger partial charge in [-0.15, -0.1) is 0 Å². The van der Waals surface area contributed by atoms with Gasteiger partial charge in [-0.25, -0.2) is 0 Å². The van der Waals surface area contributed by atoms with E-state index >= 15 is 0 Å². The van der Waals surface area contributed by atoms with Crippen molar-refractivity contribution in [3.63, 3.8) is 0 Å². The Morgan fingerprint density at radius 1 is 1.38 bits per heavy atom. The summed E-state index contributed by atoms with van der Waals surface area (Å²) in [7, 11) is 0. The summed E-state index contributed by atoms with van der Waals surface area (Å²) in [6.45, 7) is 6.94. The molecule has 0 bridgehead atoms. The van der Waals surface area contributed by atoms with Crippen LogP contribution >= 0.6 is 0 Å². The zero-order valence-corrected chi connectivity index (χ0v) is 10.4. The van der Waals surface area contributed by atoms with Crippen LogP contribution in [-0.2, 0) is 6.42 Å². The standard InChI is InChI=1S/C14H22N2/c1-11(2)7-9-16-8-3-4-12-10-13(15)5-6-14(12)16/h5-6,10-11H,3-4,7-9,15H2,1-2H3. The van der Waals surface area contributed by atoms with E-state index in [-0.39, 0.29) is 0 Å². The van der Waals surface area contributed by atoms with Gasteiger partial charge in [0.1, 0.15) is 0 Å². The number of benzene rings is 1. The van der Waals surface area contributed by atoms with Crippen LogP contribution in [0.1, 0.15) is 32.3 Å². The predicted molar refractivity (Wildman–Crippen MR) is 70.8 cm³/mol. The number of rotatable bonds is 3. The largest absolute Gasteiger partial charge is 0.399 e. The molecule has 0 aliphatic carbocycles. The van der Waals surface area contributed by atoms with Crippen LogP contribution in [0.25, 0.3) is 0 Å². The Morgan fingerprint density at radius 2 is 2.19 bits per heavy atom. The zero-order chi connectivity index (χ0) is 11.5. The molecular weight excluding hydrogens is 196 g/mol. The van der Waals surface area contributed by atoms with Gasteiger partial charge in [-0.1, -0.05) is 13.8 Å². The van der Waals surface area contributed by atoms with E-state index in [9.17, 15) is 0 Å². The molecular formula is C14H22N2. The average Bonchev–Trinajstić information content (AvgIpc) is 2.25. The van der Waals surface area contributed by atoms with Gasteiger partial charge in [0.05, 0.1) is 0 Å². The molecule has 0 fully saturated rings. The van der Waals surface area contributed by atoms with E-state index in [0.29, 0.717) is 0 Å². The summed E-state index contributed by atoms with van der Waals surface area (Å²) in [5.74, 6) is 0.777. The van der Waals surface area contributed by atoms with Gasteiger partial charge in [-0.05, 0) is 48.9 Å². The molecule has 1 aliphatic heterocycles. The topological polar surface area (TPSA) is 29.3 Å². The monoisotopic (exact) mass is 218 g/mol. The van der Waals surface area contributed by atoms with Crippen molar-refractivity contribution >= 4 is 11.4 Å². The highest BCUT2D eigenvalue weighted by atomic mass is 15.1. The van der Waals surface area contributed by atoms with E-state index in [0.717, 1.165) is 11.6 Å². The van der Waals surface area contributed by atoms with Crippen molar-refractivity contribution in [2.24, 2.45) is 5.92 Å². The molecule has 2 heteroatoms. The summed E-state index contributed by atoms with van der Waals surface area (Å²) in [6, 6.07) is 6.34. The molecule has 0 radical (unpaired) electrons.